The van der Waals surface area contributed by atoms with Gasteiger partial charge in [-0.25, -0.2) is 24.4 Å². The molecular formula is C78H94N14O17S. The zero-order valence-corrected chi connectivity index (χ0v) is 63.0. The number of carbonyl (C=O) groups excluding carboxylic acids is 9. The molecule has 5 atom stereocenters. The predicted octanol–water partition coefficient (Wildman–Crippen LogP) is 8.08. The number of aliphatic carboxylic acids is 2. The number of anilines is 3. The molecule has 4 fully saturated rings. The van der Waals surface area contributed by atoms with Crippen molar-refractivity contribution in [3.63, 3.8) is 0 Å². The number of hydrogen-bond donors (Lipinski definition) is 10. The first-order valence-corrected chi connectivity index (χ1v) is 37.9. The molecule has 2 aliphatic heterocycles. The number of benzene rings is 3. The number of aromatic carboxylic acids is 1. The van der Waals surface area contributed by atoms with E-state index in [1.807, 2.05) is 59.0 Å². The molecule has 2 unspecified atom stereocenters. The number of thiazole rings is 1. The Kier molecular flexibility index (Phi) is 24.8. The molecule has 11 N–H and O–H groups in total. The first-order valence-electron chi connectivity index (χ1n) is 37.0. The Morgan fingerprint density at radius 1 is 0.736 bits per heavy atom. The number of primary amides is 1. The summed E-state index contributed by atoms with van der Waals surface area (Å²) in [5.74, 6) is -7.62. The van der Waals surface area contributed by atoms with Crippen LogP contribution in [0.1, 0.15) is 161 Å². The molecule has 3 aromatic heterocycles. The molecule has 584 valence electrons. The maximum Gasteiger partial charge on any atom is 0.410 e. The van der Waals surface area contributed by atoms with Crippen molar-refractivity contribution in [3.05, 3.63) is 131 Å². The third-order valence-electron chi connectivity index (χ3n) is 21.3. The number of fused-ring (bicyclic) bond motifs is 2. The van der Waals surface area contributed by atoms with E-state index in [1.165, 1.54) is 47.8 Å². The standard InChI is InChI=1S/C78H94N14O17S/c1-46(2)65(87-60(93)18-7-6-10-31-91-61(94)25-26-62(91)95)70(103)84-56(16-12-29-81-72(79)106)68(101)83-50-21-19-48(20-22-50)38-108-74(107)90(33-28-63(96)97)57(35-64(98)99)69(102)80-30-34-109-78-42-75(4)39-76(5,43-78)41-77(40-75,44-78)45-92-47(3)53(36-82-92)51-23-24-59(86-66(51)71(104)105)89-32-27-49-13-11-14-52(54(49)37-89)67(100)88-73-85-55-15-8-9-17-58(55)110-73/h8-9,11,13-15,17,19-26,36,46,56-57,65H,6-7,10,12,16,18,27-35,37-45H2,1-5H3,(H,80,102)(H,83,101)(H,84,103)(H,87,93)(H,96,97)(H,98,99)(H,104,105)(H3,79,81,106)(H,85,88,100)/t56-,57-,65-,75?,76?,77?,78?/m0/s1. The van der Waals surface area contributed by atoms with E-state index in [9.17, 15) is 72.9 Å². The van der Waals surface area contributed by atoms with Gasteiger partial charge in [-0.05, 0) is 159 Å². The Labute approximate surface area is 638 Å². The van der Waals surface area contributed by atoms with E-state index in [2.05, 4.69) is 50.7 Å². The highest BCUT2D eigenvalue weighted by molar-refractivity contribution is 7.22. The van der Waals surface area contributed by atoms with Crippen molar-refractivity contribution in [1.29, 1.82) is 0 Å². The van der Waals surface area contributed by atoms with Gasteiger partial charge in [0, 0.05) is 92.5 Å². The van der Waals surface area contributed by atoms with E-state index in [0.29, 0.717) is 84.9 Å². The van der Waals surface area contributed by atoms with Gasteiger partial charge in [-0.3, -0.25) is 62.9 Å². The van der Waals surface area contributed by atoms with Crippen molar-refractivity contribution in [3.8, 4) is 11.1 Å². The first-order chi connectivity index (χ1) is 52.4. The molecule has 31 nitrogen and oxygen atoms in total. The zero-order chi connectivity index (χ0) is 78.8. The van der Waals surface area contributed by atoms with Crippen LogP contribution in [0.25, 0.3) is 21.3 Å². The van der Waals surface area contributed by atoms with Crippen LogP contribution >= 0.6 is 11.3 Å². The normalized spacial score (nSPS) is 20.3. The van der Waals surface area contributed by atoms with Crippen molar-refractivity contribution in [2.45, 2.75) is 174 Å². The van der Waals surface area contributed by atoms with Gasteiger partial charge >= 0.3 is 30.0 Å². The molecule has 110 heavy (non-hydrogen) atoms. The number of carboxylic acids is 3. The highest BCUT2D eigenvalue weighted by atomic mass is 32.1. The summed E-state index contributed by atoms with van der Waals surface area (Å²) in [5, 5.41) is 52.4. The molecule has 5 heterocycles. The summed E-state index contributed by atoms with van der Waals surface area (Å²) in [4.78, 5) is 169. The molecule has 4 saturated carbocycles. The average molecular weight is 1530 g/mol. The molecule has 10 amide bonds. The maximum atomic E-state index is 14.2. The number of urea groups is 1. The number of para-hydroxylation sites is 1. The van der Waals surface area contributed by atoms with Crippen LogP contribution in [-0.2, 0) is 73.9 Å². The SMILES string of the molecule is Cc1c(-c2ccc(N3CCc4cccc(C(=O)Nc5nc6ccccc6s5)c4C3)nc2C(=O)O)cnn1CC12CC3(C)CC(C)(C1)CC(OCCNC(=O)[C@H](CC(=O)O)N(CCC(=O)O)C(=O)OCc1ccc(NC(=O)[C@H](CCCNC(N)=O)NC(=O)[C@@H](NC(=O)CCCCCN4C(=O)C=CC4=O)C(C)C)cc1)(C3)C2. The zero-order valence-electron chi connectivity index (χ0n) is 62.2. The largest absolute Gasteiger partial charge is 0.481 e. The van der Waals surface area contributed by atoms with Crippen molar-refractivity contribution < 1.29 is 82.3 Å². The molecule has 12 rings (SSSR count). The number of ether oxygens (including phenoxy) is 2. The highest BCUT2D eigenvalue weighted by Crippen LogP contribution is 2.72. The lowest BCUT2D eigenvalue weighted by atomic mass is 9.39. The number of rotatable bonds is 36. The van der Waals surface area contributed by atoms with Gasteiger partial charge in [-0.1, -0.05) is 81.9 Å². The van der Waals surface area contributed by atoms with Gasteiger partial charge in [0.2, 0.25) is 23.6 Å². The fraction of sp³-hybridized carbons (Fsp3) is 0.474. The summed E-state index contributed by atoms with van der Waals surface area (Å²) >= 11 is 1.39. The molecule has 0 saturated heterocycles. The Morgan fingerprint density at radius 2 is 1.47 bits per heavy atom. The quantitative estimate of drug-likeness (QED) is 0.0131. The van der Waals surface area contributed by atoms with Gasteiger partial charge < -0.3 is 62.0 Å². The van der Waals surface area contributed by atoms with E-state index < -0.39 is 121 Å². The second-order valence-corrected chi connectivity index (χ2v) is 31.7. The number of carboxylic acid groups (broad SMARTS) is 3. The molecule has 6 aliphatic rings. The lowest BCUT2D eigenvalue weighted by molar-refractivity contribution is -0.247. The molecule has 32 heteroatoms. The van der Waals surface area contributed by atoms with Crippen molar-refractivity contribution >= 4 is 110 Å². The van der Waals surface area contributed by atoms with E-state index >= 15 is 0 Å². The van der Waals surface area contributed by atoms with Gasteiger partial charge in [-0.2, -0.15) is 5.10 Å². The summed E-state index contributed by atoms with van der Waals surface area (Å²) in [7, 11) is 0. The Hall–Kier alpha value is -11.2. The lowest BCUT2D eigenvalue weighted by Crippen LogP contribution is -2.64. The summed E-state index contributed by atoms with van der Waals surface area (Å²) in [6.45, 7) is 10.5. The van der Waals surface area contributed by atoms with Gasteiger partial charge in [0.25, 0.3) is 17.7 Å². The number of nitrogens with two attached hydrogens (primary N) is 1. The Bertz CT molecular complexity index is 4510. The van der Waals surface area contributed by atoms with Gasteiger partial charge in [0.05, 0.1) is 41.5 Å². The first kappa shape index (κ1) is 79.9. The molecule has 3 aromatic carbocycles. The monoisotopic (exact) mass is 1530 g/mol. The van der Waals surface area contributed by atoms with E-state index in [-0.39, 0.29) is 79.0 Å². The number of pyridine rings is 1. The second-order valence-electron chi connectivity index (χ2n) is 30.7. The van der Waals surface area contributed by atoms with Crippen LogP contribution in [0, 0.1) is 29.1 Å². The van der Waals surface area contributed by atoms with Crippen LogP contribution < -0.4 is 42.5 Å². The Balaban J connectivity index is 0.690. The van der Waals surface area contributed by atoms with Crippen LogP contribution in [0.5, 0.6) is 0 Å². The fourth-order valence-electron chi connectivity index (χ4n) is 17.4. The summed E-state index contributed by atoms with van der Waals surface area (Å²) in [6, 6.07) is 18.1. The van der Waals surface area contributed by atoms with Crippen molar-refractivity contribution in [2.24, 2.45) is 27.9 Å². The number of carbonyl (C=O) groups is 12. The minimum Gasteiger partial charge on any atom is -0.481 e. The molecule has 4 aliphatic carbocycles. The minimum absolute atomic E-state index is 0.0155. The predicted molar refractivity (Wildman–Crippen MR) is 404 cm³/mol. The molecule has 0 spiro atoms. The van der Waals surface area contributed by atoms with Crippen LogP contribution in [0.15, 0.2) is 97.2 Å². The summed E-state index contributed by atoms with van der Waals surface area (Å²) < 4.78 is 15.4. The van der Waals surface area contributed by atoms with Crippen molar-refractivity contribution in [1.82, 2.24) is 50.8 Å². The van der Waals surface area contributed by atoms with Gasteiger partial charge in [-0.15, -0.1) is 0 Å². The van der Waals surface area contributed by atoms with Crippen LogP contribution in [0.2, 0.25) is 0 Å². The summed E-state index contributed by atoms with van der Waals surface area (Å²) in [5.41, 5.74) is 9.45. The minimum atomic E-state index is -1.71. The number of hydrogen-bond acceptors (Lipinski definition) is 19. The molecule has 6 aromatic rings. The number of aromatic nitrogens is 4. The third-order valence-corrected chi connectivity index (χ3v) is 22.2. The van der Waals surface area contributed by atoms with Gasteiger partial charge in [0.15, 0.2) is 10.8 Å². The highest BCUT2D eigenvalue weighted by Gasteiger charge is 2.66. The third kappa shape index (κ3) is 19.5. The Morgan fingerprint density at radius 3 is 2.16 bits per heavy atom. The molecular weight excluding hydrogens is 1440 g/mol. The van der Waals surface area contributed by atoms with E-state index in [1.54, 1.807) is 32.2 Å². The maximum absolute atomic E-state index is 14.2. The fourth-order valence-corrected chi connectivity index (χ4v) is 18.3. The van der Waals surface area contributed by atoms with Crippen LogP contribution in [0.4, 0.5) is 26.2 Å². The van der Waals surface area contributed by atoms with Crippen LogP contribution in [0.3, 0.4) is 0 Å². The average Bonchev–Trinajstić information content (AvgIpc) is 0.726. The van der Waals surface area contributed by atoms with E-state index in [4.69, 9.17) is 25.3 Å². The second kappa shape index (κ2) is 34.2. The topological polar surface area (TPSA) is 436 Å². The number of imide groups is 1. The molecule has 4 bridgehead atoms. The van der Waals surface area contributed by atoms with Crippen molar-refractivity contribution in [2.75, 3.05) is 54.9 Å². The number of nitrogens with one attached hydrogen (secondary N) is 6. The number of amides is 10. The number of nitrogens with zero attached hydrogens (tertiary/aromatic N) is 7. The van der Waals surface area contributed by atoms with E-state index in [0.717, 1.165) is 68.9 Å². The lowest BCUT2D eigenvalue weighted by Gasteiger charge is -2.69. The number of unbranched alkanes of at least 4 members (excludes halogenated alkanes) is 2. The van der Waals surface area contributed by atoms with Gasteiger partial charge in [0.1, 0.15) is 30.6 Å². The molecule has 0 radical (unpaired) electrons. The van der Waals surface area contributed by atoms with Crippen LogP contribution in [-0.4, -0.2) is 179 Å². The summed E-state index contributed by atoms with van der Waals surface area (Å²) in [6.07, 6.45) is 8.55. The smallest absolute Gasteiger partial charge is 0.410 e.